The van der Waals surface area contributed by atoms with Crippen LogP contribution < -0.4 is 5.43 Å². The number of hydrogen-bond acceptors (Lipinski definition) is 6. The van der Waals surface area contributed by atoms with Gasteiger partial charge in [-0.25, -0.2) is 4.98 Å². The largest absolute Gasteiger partial charge is 0.468 e. The minimum atomic E-state index is -0.262. The van der Waals surface area contributed by atoms with Crippen molar-refractivity contribution in [1.82, 2.24) is 9.55 Å². The maximum Gasteiger partial charge on any atom is 0.316 e. The van der Waals surface area contributed by atoms with E-state index >= 15 is 0 Å². The maximum absolute atomic E-state index is 13.0. The van der Waals surface area contributed by atoms with Crippen LogP contribution in [0.4, 0.5) is 0 Å². The van der Waals surface area contributed by atoms with Gasteiger partial charge in [-0.3, -0.25) is 9.59 Å². The van der Waals surface area contributed by atoms with E-state index in [1.54, 1.807) is 11.3 Å². The highest BCUT2D eigenvalue weighted by Crippen LogP contribution is 2.38. The Balaban J connectivity index is 1.83. The normalized spacial score (nSPS) is 18.0. The molecule has 2 heterocycles. The van der Waals surface area contributed by atoms with Crippen LogP contribution in [0, 0.1) is 0 Å². The van der Waals surface area contributed by atoms with E-state index < -0.39 is 0 Å². The van der Waals surface area contributed by atoms with E-state index in [1.165, 1.54) is 43.0 Å². The third-order valence-electron chi connectivity index (χ3n) is 5.45. The Morgan fingerprint density at radius 3 is 2.77 bits per heavy atom. The van der Waals surface area contributed by atoms with E-state index in [4.69, 9.17) is 9.72 Å². The SMILES string of the molecule is COC(=O)CSc1nc2c(=O)c3c(sc2n1C1CCCCC1)CCCC3. The number of imidazole rings is 1. The molecule has 0 aromatic carbocycles. The number of fused-ring (bicyclic) bond motifs is 2. The molecule has 5 nitrogen and oxygen atoms in total. The molecule has 0 saturated heterocycles. The predicted molar refractivity (Wildman–Crippen MR) is 105 cm³/mol. The fraction of sp³-hybridized carbons (Fsp3) is 0.632. The molecule has 0 radical (unpaired) electrons. The maximum atomic E-state index is 13.0. The molecule has 0 bridgehead atoms. The molecule has 1 saturated carbocycles. The molecular weight excluding hydrogens is 368 g/mol. The quantitative estimate of drug-likeness (QED) is 0.579. The lowest BCUT2D eigenvalue weighted by molar-refractivity contribution is -0.137. The van der Waals surface area contributed by atoms with Gasteiger partial charge in [0.15, 0.2) is 5.16 Å². The molecule has 2 aromatic heterocycles. The van der Waals surface area contributed by atoms with Crippen molar-refractivity contribution in [3.8, 4) is 0 Å². The predicted octanol–water partition coefficient (Wildman–Crippen LogP) is 4.11. The van der Waals surface area contributed by atoms with E-state index in [9.17, 15) is 9.59 Å². The molecule has 2 aliphatic rings. The number of aryl methyl sites for hydroxylation is 1. The summed E-state index contributed by atoms with van der Waals surface area (Å²) in [7, 11) is 1.40. The molecular formula is C19H24N2O3S2. The number of hydrogen-bond donors (Lipinski definition) is 0. The molecule has 0 aliphatic heterocycles. The number of nitrogens with zero attached hydrogens (tertiary/aromatic N) is 2. The first-order valence-electron chi connectivity index (χ1n) is 9.45. The van der Waals surface area contributed by atoms with Crippen LogP contribution in [0.25, 0.3) is 10.3 Å². The van der Waals surface area contributed by atoms with Gasteiger partial charge in [-0.15, -0.1) is 11.3 Å². The van der Waals surface area contributed by atoms with Crippen LogP contribution in [0.15, 0.2) is 9.95 Å². The Morgan fingerprint density at radius 2 is 2.00 bits per heavy atom. The van der Waals surface area contributed by atoms with Gasteiger partial charge in [-0.05, 0) is 38.5 Å². The summed E-state index contributed by atoms with van der Waals surface area (Å²) in [5.74, 6) is -0.0342. The molecule has 1 fully saturated rings. The van der Waals surface area contributed by atoms with Crippen LogP contribution in [0.1, 0.15) is 61.4 Å². The number of carbonyl (C=O) groups excluding carboxylic acids is 1. The highest BCUT2D eigenvalue weighted by Gasteiger charge is 2.26. The third-order valence-corrected chi connectivity index (χ3v) is 7.65. The summed E-state index contributed by atoms with van der Waals surface area (Å²) in [6, 6.07) is 0.381. The fourth-order valence-electron chi connectivity index (χ4n) is 4.08. The van der Waals surface area contributed by atoms with Crippen molar-refractivity contribution >= 4 is 39.4 Å². The lowest BCUT2D eigenvalue weighted by Gasteiger charge is -2.25. The van der Waals surface area contributed by atoms with Gasteiger partial charge in [-0.1, -0.05) is 31.0 Å². The molecule has 140 valence electrons. The smallest absolute Gasteiger partial charge is 0.316 e. The zero-order chi connectivity index (χ0) is 18.1. The highest BCUT2D eigenvalue weighted by atomic mass is 32.2. The number of thioether (sulfide) groups is 1. The summed E-state index contributed by atoms with van der Waals surface area (Å²) >= 11 is 3.15. The van der Waals surface area contributed by atoms with Gasteiger partial charge in [0.1, 0.15) is 10.3 Å². The molecule has 7 heteroatoms. The Morgan fingerprint density at radius 1 is 1.23 bits per heavy atom. The van der Waals surface area contributed by atoms with Gasteiger partial charge >= 0.3 is 5.97 Å². The number of ether oxygens (including phenoxy) is 1. The lowest BCUT2D eigenvalue weighted by atomic mass is 9.95. The zero-order valence-corrected chi connectivity index (χ0v) is 16.7. The fourth-order valence-corrected chi connectivity index (χ4v) is 6.40. The van der Waals surface area contributed by atoms with Crippen molar-refractivity contribution in [2.75, 3.05) is 12.9 Å². The van der Waals surface area contributed by atoms with Gasteiger partial charge in [0.2, 0.25) is 5.43 Å². The van der Waals surface area contributed by atoms with Gasteiger partial charge in [0.05, 0.1) is 12.9 Å². The first kappa shape index (κ1) is 18.0. The van der Waals surface area contributed by atoms with Crippen LogP contribution >= 0.6 is 23.1 Å². The summed E-state index contributed by atoms with van der Waals surface area (Å²) < 4.78 is 7.05. The third kappa shape index (κ3) is 3.31. The van der Waals surface area contributed by atoms with Crippen molar-refractivity contribution < 1.29 is 9.53 Å². The van der Waals surface area contributed by atoms with Crippen molar-refractivity contribution in [3.63, 3.8) is 0 Å². The first-order chi connectivity index (χ1) is 12.7. The van der Waals surface area contributed by atoms with Crippen molar-refractivity contribution in [2.24, 2.45) is 0 Å². The zero-order valence-electron chi connectivity index (χ0n) is 15.1. The summed E-state index contributed by atoms with van der Waals surface area (Å²) in [6.07, 6.45) is 10.1. The van der Waals surface area contributed by atoms with E-state index in [1.807, 2.05) is 0 Å². The molecule has 0 atom stereocenters. The first-order valence-corrected chi connectivity index (χ1v) is 11.3. The summed E-state index contributed by atoms with van der Waals surface area (Å²) in [5, 5.41) is 0.799. The number of esters is 1. The number of rotatable bonds is 4. The van der Waals surface area contributed by atoms with E-state index in [0.717, 1.165) is 54.1 Å². The van der Waals surface area contributed by atoms with Crippen LogP contribution in [-0.2, 0) is 22.4 Å². The second-order valence-corrected chi connectivity index (χ2v) is 9.14. The topological polar surface area (TPSA) is 61.2 Å². The van der Waals surface area contributed by atoms with E-state index in [-0.39, 0.29) is 17.2 Å². The van der Waals surface area contributed by atoms with Gasteiger partial charge < -0.3 is 9.30 Å². The number of methoxy groups -OCH3 is 1. The molecule has 26 heavy (non-hydrogen) atoms. The molecule has 0 spiro atoms. The Labute approximate surface area is 161 Å². The van der Waals surface area contributed by atoms with Crippen molar-refractivity contribution in [3.05, 3.63) is 20.7 Å². The molecule has 2 aliphatic carbocycles. The average Bonchev–Trinajstić information content (AvgIpc) is 3.05. The van der Waals surface area contributed by atoms with Crippen LogP contribution in [-0.4, -0.2) is 28.4 Å². The average molecular weight is 393 g/mol. The van der Waals surface area contributed by atoms with Crippen LogP contribution in [0.2, 0.25) is 0 Å². The number of aromatic nitrogens is 2. The van der Waals surface area contributed by atoms with Crippen LogP contribution in [0.5, 0.6) is 0 Å². The molecule has 2 aromatic rings. The summed E-state index contributed by atoms with van der Waals surface area (Å²) in [5.41, 5.74) is 1.70. The Bertz CT molecular complexity index is 881. The summed E-state index contributed by atoms with van der Waals surface area (Å²) in [4.78, 5) is 31.6. The lowest BCUT2D eigenvalue weighted by Crippen LogP contribution is -2.17. The molecule has 4 rings (SSSR count). The van der Waals surface area contributed by atoms with Gasteiger partial charge in [0, 0.05) is 16.5 Å². The minimum Gasteiger partial charge on any atom is -0.468 e. The second kappa shape index (κ2) is 7.72. The monoisotopic (exact) mass is 392 g/mol. The summed E-state index contributed by atoms with van der Waals surface area (Å²) in [6.45, 7) is 0. The van der Waals surface area contributed by atoms with Crippen LogP contribution in [0.3, 0.4) is 0 Å². The van der Waals surface area contributed by atoms with Crippen molar-refractivity contribution in [2.45, 2.75) is 69.0 Å². The van der Waals surface area contributed by atoms with Crippen molar-refractivity contribution in [1.29, 1.82) is 0 Å². The second-order valence-electron chi connectivity index (χ2n) is 7.11. The Hall–Kier alpha value is -1.34. The Kier molecular flexibility index (Phi) is 5.36. The van der Waals surface area contributed by atoms with Gasteiger partial charge in [-0.2, -0.15) is 0 Å². The van der Waals surface area contributed by atoms with Gasteiger partial charge in [0.25, 0.3) is 0 Å². The molecule has 0 N–H and O–H groups in total. The molecule has 0 amide bonds. The number of carbonyl (C=O) groups is 1. The van der Waals surface area contributed by atoms with E-state index in [2.05, 4.69) is 4.57 Å². The van der Waals surface area contributed by atoms with E-state index in [0.29, 0.717) is 11.6 Å². The highest BCUT2D eigenvalue weighted by molar-refractivity contribution is 7.99. The molecule has 0 unspecified atom stereocenters. The minimum absolute atomic E-state index is 0.114. The standard InChI is InChI=1S/C19H24N2O3S2/c1-24-15(22)11-25-19-20-16-17(23)13-9-5-6-10-14(13)26-18(16)21(19)12-7-3-2-4-8-12/h12H,2-11H2,1H3.